The number of nitrogens with two attached hydrogens (primary N) is 2. The Morgan fingerprint density at radius 3 is 2.17 bits per heavy atom. The fourth-order valence-electron chi connectivity index (χ4n) is 3.12. The monoisotopic (exact) mass is 487 g/mol. The molecule has 0 spiro atoms. The molecule has 0 radical (unpaired) electrons. The average molecular weight is 488 g/mol. The minimum atomic E-state index is -1.41. The van der Waals surface area contributed by atoms with Gasteiger partial charge >= 0.3 is 5.97 Å². The van der Waals surface area contributed by atoms with E-state index in [9.17, 15) is 24.0 Å². The second-order valence-corrected chi connectivity index (χ2v) is 7.94. The molecule has 4 atom stereocenters. The second kappa shape index (κ2) is 12.8. The van der Waals surface area contributed by atoms with Crippen LogP contribution in [0, 0.1) is 0 Å². The van der Waals surface area contributed by atoms with E-state index in [2.05, 4.69) is 25.9 Å². The molecule has 0 aliphatic heterocycles. The molecule has 1 heterocycles. The van der Waals surface area contributed by atoms with Crippen molar-refractivity contribution < 1.29 is 29.1 Å². The molecule has 13 nitrogen and oxygen atoms in total. The maximum Gasteiger partial charge on any atom is 0.325 e. The van der Waals surface area contributed by atoms with E-state index in [1.807, 2.05) is 0 Å². The van der Waals surface area contributed by atoms with Crippen LogP contribution in [0.15, 0.2) is 42.9 Å². The van der Waals surface area contributed by atoms with Crippen LogP contribution in [0.25, 0.3) is 0 Å². The van der Waals surface area contributed by atoms with E-state index in [0.29, 0.717) is 11.3 Å². The van der Waals surface area contributed by atoms with E-state index in [0.717, 1.165) is 0 Å². The van der Waals surface area contributed by atoms with Gasteiger partial charge in [0.15, 0.2) is 0 Å². The zero-order valence-electron chi connectivity index (χ0n) is 19.1. The zero-order chi connectivity index (χ0) is 26.0. The molecular weight excluding hydrogens is 458 g/mol. The van der Waals surface area contributed by atoms with Gasteiger partial charge in [0.2, 0.25) is 23.6 Å². The van der Waals surface area contributed by atoms with E-state index < -0.39 is 60.2 Å². The number of rotatable bonds is 13. The molecule has 0 aliphatic carbocycles. The van der Waals surface area contributed by atoms with Crippen molar-refractivity contribution in [2.45, 2.75) is 50.4 Å². The number of H-pyrrole nitrogens is 1. The van der Waals surface area contributed by atoms with Crippen molar-refractivity contribution >= 4 is 29.6 Å². The third-order valence-electron chi connectivity index (χ3n) is 5.01. The Hall–Kier alpha value is -4.26. The number of nitrogens with zero attached hydrogens (tertiary/aromatic N) is 1. The molecule has 0 saturated heterocycles. The van der Waals surface area contributed by atoms with Crippen LogP contribution in [0.4, 0.5) is 0 Å². The number of benzene rings is 1. The van der Waals surface area contributed by atoms with Crippen molar-refractivity contribution in [3.05, 3.63) is 54.1 Å². The van der Waals surface area contributed by atoms with Gasteiger partial charge in [0, 0.05) is 24.7 Å². The summed E-state index contributed by atoms with van der Waals surface area (Å²) in [6.45, 7) is 1.28. The van der Waals surface area contributed by atoms with Crippen molar-refractivity contribution in [1.29, 1.82) is 0 Å². The third kappa shape index (κ3) is 8.89. The molecule has 1 aromatic heterocycles. The molecule has 13 heteroatoms. The second-order valence-electron chi connectivity index (χ2n) is 7.94. The lowest BCUT2D eigenvalue weighted by Gasteiger charge is -2.24. The van der Waals surface area contributed by atoms with Crippen molar-refractivity contribution in [3.63, 3.8) is 0 Å². The predicted molar refractivity (Wildman–Crippen MR) is 123 cm³/mol. The smallest absolute Gasteiger partial charge is 0.325 e. The molecule has 4 unspecified atom stereocenters. The van der Waals surface area contributed by atoms with Gasteiger partial charge in [0.25, 0.3) is 0 Å². The Morgan fingerprint density at radius 2 is 1.60 bits per heavy atom. The normalized spacial score (nSPS) is 14.1. The van der Waals surface area contributed by atoms with E-state index in [1.54, 1.807) is 30.3 Å². The van der Waals surface area contributed by atoms with Crippen molar-refractivity contribution in [2.75, 3.05) is 0 Å². The highest BCUT2D eigenvalue weighted by molar-refractivity contribution is 5.96. The number of nitrogens with one attached hydrogen (secondary N) is 4. The average Bonchev–Trinajstić information content (AvgIpc) is 3.31. The molecule has 4 amide bonds. The number of hydrogen-bond donors (Lipinski definition) is 7. The molecule has 0 saturated carbocycles. The van der Waals surface area contributed by atoms with Crippen LogP contribution in [-0.2, 0) is 36.8 Å². The number of primary amides is 1. The number of amides is 4. The fraction of sp³-hybridized carbons (Fsp3) is 0.364. The van der Waals surface area contributed by atoms with Crippen molar-refractivity contribution in [2.24, 2.45) is 11.5 Å². The summed E-state index contributed by atoms with van der Waals surface area (Å²) in [5, 5.41) is 16.3. The molecular formula is C22H29N7O6. The van der Waals surface area contributed by atoms with Gasteiger partial charge in [-0.2, -0.15) is 0 Å². The summed E-state index contributed by atoms with van der Waals surface area (Å²) in [7, 11) is 0. The molecule has 2 rings (SSSR count). The summed E-state index contributed by atoms with van der Waals surface area (Å²) in [4.78, 5) is 67.6. The van der Waals surface area contributed by atoms with E-state index in [4.69, 9.17) is 16.6 Å². The first kappa shape index (κ1) is 27.0. The molecule has 188 valence electrons. The molecule has 9 N–H and O–H groups in total. The van der Waals surface area contributed by atoms with Gasteiger partial charge in [0.05, 0.1) is 18.8 Å². The summed E-state index contributed by atoms with van der Waals surface area (Å²) >= 11 is 0. The zero-order valence-corrected chi connectivity index (χ0v) is 19.1. The van der Waals surface area contributed by atoms with Crippen LogP contribution in [0.2, 0.25) is 0 Å². The Bertz CT molecular complexity index is 1030. The molecule has 2 aromatic rings. The summed E-state index contributed by atoms with van der Waals surface area (Å²) in [5.74, 6) is -4.45. The van der Waals surface area contributed by atoms with Gasteiger partial charge in [-0.1, -0.05) is 30.3 Å². The number of carboxylic acid groups (broad SMARTS) is 1. The van der Waals surface area contributed by atoms with Gasteiger partial charge in [-0.25, -0.2) is 4.98 Å². The topological polar surface area (TPSA) is 222 Å². The molecule has 0 fully saturated rings. The summed E-state index contributed by atoms with van der Waals surface area (Å²) in [6.07, 6.45) is 2.50. The lowest BCUT2D eigenvalue weighted by Crippen LogP contribution is -2.58. The SMILES string of the molecule is CC(NC(=O)C(Cc1ccccc1)NC(=O)C(CC(N)=O)NC(=O)C(N)Cc1cnc[nH]1)C(=O)O. The first-order valence-corrected chi connectivity index (χ1v) is 10.8. The van der Waals surface area contributed by atoms with Crippen LogP contribution >= 0.6 is 0 Å². The first-order chi connectivity index (χ1) is 16.6. The van der Waals surface area contributed by atoms with E-state index in [-0.39, 0.29) is 12.8 Å². The molecule has 1 aromatic carbocycles. The number of carbonyl (C=O) groups is 5. The van der Waals surface area contributed by atoms with Gasteiger partial charge < -0.3 is 37.5 Å². The highest BCUT2D eigenvalue weighted by Gasteiger charge is 2.30. The predicted octanol–water partition coefficient (Wildman–Crippen LogP) is -2.04. The number of imidazole rings is 1. The maximum absolute atomic E-state index is 13.0. The molecule has 0 aliphatic rings. The quantitative estimate of drug-likeness (QED) is 0.166. The van der Waals surface area contributed by atoms with Crippen LogP contribution in [0.3, 0.4) is 0 Å². The van der Waals surface area contributed by atoms with Crippen molar-refractivity contribution in [1.82, 2.24) is 25.9 Å². The highest BCUT2D eigenvalue weighted by atomic mass is 16.4. The van der Waals surface area contributed by atoms with Gasteiger partial charge in [-0.05, 0) is 12.5 Å². The Labute approximate surface area is 201 Å². The molecule has 35 heavy (non-hydrogen) atoms. The number of aromatic nitrogens is 2. The lowest BCUT2D eigenvalue weighted by molar-refractivity contribution is -0.142. The van der Waals surface area contributed by atoms with Crippen LogP contribution in [0.5, 0.6) is 0 Å². The van der Waals surface area contributed by atoms with Gasteiger partial charge in [-0.3, -0.25) is 24.0 Å². The molecule has 0 bridgehead atoms. The third-order valence-corrected chi connectivity index (χ3v) is 5.01. The largest absolute Gasteiger partial charge is 0.480 e. The van der Waals surface area contributed by atoms with Crippen LogP contribution in [-0.4, -0.2) is 68.8 Å². The van der Waals surface area contributed by atoms with Crippen LogP contribution in [0.1, 0.15) is 24.6 Å². The van der Waals surface area contributed by atoms with Crippen molar-refractivity contribution in [3.8, 4) is 0 Å². The number of hydrogen-bond acceptors (Lipinski definition) is 7. The standard InChI is InChI=1S/C22H29N7O6/c1-12(22(34)35)27-20(32)16(7-13-5-3-2-4-6-13)29-21(33)17(9-18(24)30)28-19(31)15(23)8-14-10-25-11-26-14/h2-6,10-12,15-17H,7-9,23H2,1H3,(H2,24,30)(H,25,26)(H,27,32)(H,28,31)(H,29,33)(H,34,35). The number of carbonyl (C=O) groups excluding carboxylic acids is 4. The van der Waals surface area contributed by atoms with Gasteiger partial charge in [-0.15, -0.1) is 0 Å². The number of carboxylic acids is 1. The van der Waals surface area contributed by atoms with E-state index in [1.165, 1.54) is 19.4 Å². The van der Waals surface area contributed by atoms with Gasteiger partial charge in [0.1, 0.15) is 18.1 Å². The maximum atomic E-state index is 13.0. The summed E-state index contributed by atoms with van der Waals surface area (Å²) in [5.41, 5.74) is 12.4. The number of aromatic amines is 1. The Balaban J connectivity index is 2.15. The fourth-order valence-corrected chi connectivity index (χ4v) is 3.12. The minimum Gasteiger partial charge on any atom is -0.480 e. The first-order valence-electron chi connectivity index (χ1n) is 10.8. The van der Waals surface area contributed by atoms with Crippen LogP contribution < -0.4 is 27.4 Å². The highest BCUT2D eigenvalue weighted by Crippen LogP contribution is 2.06. The Kier molecular flexibility index (Phi) is 9.90. The Morgan fingerprint density at radius 1 is 0.971 bits per heavy atom. The minimum absolute atomic E-state index is 0.0291. The lowest BCUT2D eigenvalue weighted by atomic mass is 10.0. The summed E-state index contributed by atoms with van der Waals surface area (Å²) < 4.78 is 0. The number of aliphatic carboxylic acids is 1. The van der Waals surface area contributed by atoms with E-state index >= 15 is 0 Å². The summed E-state index contributed by atoms with van der Waals surface area (Å²) in [6, 6.07) is 3.83.